The summed E-state index contributed by atoms with van der Waals surface area (Å²) in [6, 6.07) is 6.64. The molecular weight excluding hydrogens is 270 g/mol. The van der Waals surface area contributed by atoms with Crippen LogP contribution in [0.25, 0.3) is 0 Å². The van der Waals surface area contributed by atoms with E-state index >= 15 is 0 Å². The van der Waals surface area contributed by atoms with Gasteiger partial charge in [-0.25, -0.2) is 0 Å². The van der Waals surface area contributed by atoms with Crippen molar-refractivity contribution in [3.8, 4) is 0 Å². The number of aryl methyl sites for hydroxylation is 2. The van der Waals surface area contributed by atoms with Crippen molar-refractivity contribution >= 4 is 10.8 Å². The lowest BCUT2D eigenvalue weighted by Gasteiger charge is -2.20. The van der Waals surface area contributed by atoms with Gasteiger partial charge in [0.2, 0.25) is 0 Å². The molecule has 0 radical (unpaired) electrons. The van der Waals surface area contributed by atoms with Crippen LogP contribution in [0, 0.1) is 13.8 Å². The number of hydrogen-bond donors (Lipinski definition) is 1. The van der Waals surface area contributed by atoms with Crippen LogP contribution >= 0.6 is 0 Å². The molecule has 4 heteroatoms. The van der Waals surface area contributed by atoms with Crippen LogP contribution < -0.4 is 5.32 Å². The van der Waals surface area contributed by atoms with E-state index in [9.17, 15) is 4.21 Å². The van der Waals surface area contributed by atoms with Gasteiger partial charge in [-0.15, -0.1) is 0 Å². The van der Waals surface area contributed by atoms with Crippen molar-refractivity contribution in [2.75, 3.05) is 31.8 Å². The van der Waals surface area contributed by atoms with Crippen LogP contribution in [0.2, 0.25) is 0 Å². The largest absolute Gasteiger partial charge is 0.385 e. The Balaban J connectivity index is 2.73. The molecule has 1 N–H and O–H groups in total. The first-order valence-electron chi connectivity index (χ1n) is 7.23. The number of benzene rings is 1. The van der Waals surface area contributed by atoms with E-state index in [1.807, 2.05) is 0 Å². The molecule has 0 aliphatic heterocycles. The summed E-state index contributed by atoms with van der Waals surface area (Å²) in [4.78, 5) is 0. The summed E-state index contributed by atoms with van der Waals surface area (Å²) in [6.07, 6.45) is 0.856. The minimum Gasteiger partial charge on any atom is -0.385 e. The van der Waals surface area contributed by atoms with Gasteiger partial charge in [0.15, 0.2) is 0 Å². The third kappa shape index (κ3) is 5.73. The summed E-state index contributed by atoms with van der Waals surface area (Å²) >= 11 is 0. The zero-order valence-corrected chi connectivity index (χ0v) is 13.9. The lowest BCUT2D eigenvalue weighted by atomic mass is 10.00. The van der Waals surface area contributed by atoms with Gasteiger partial charge in [-0.05, 0) is 37.9 Å². The second-order valence-corrected chi connectivity index (χ2v) is 6.75. The van der Waals surface area contributed by atoms with Gasteiger partial charge in [0.1, 0.15) is 0 Å². The average Bonchev–Trinajstić information content (AvgIpc) is 2.41. The van der Waals surface area contributed by atoms with Crippen LogP contribution in [-0.4, -0.2) is 36.0 Å². The molecule has 0 aliphatic carbocycles. The summed E-state index contributed by atoms with van der Waals surface area (Å²) in [6.45, 7) is 7.87. The molecule has 1 aromatic carbocycles. The Morgan fingerprint density at radius 2 is 2.10 bits per heavy atom. The fourth-order valence-electron chi connectivity index (χ4n) is 2.27. The fraction of sp³-hybridized carbons (Fsp3) is 0.625. The van der Waals surface area contributed by atoms with E-state index in [-0.39, 0.29) is 6.04 Å². The summed E-state index contributed by atoms with van der Waals surface area (Å²) in [5, 5.41) is 3.46. The summed E-state index contributed by atoms with van der Waals surface area (Å²) < 4.78 is 17.2. The number of rotatable bonds is 9. The van der Waals surface area contributed by atoms with Crippen molar-refractivity contribution in [3.63, 3.8) is 0 Å². The van der Waals surface area contributed by atoms with E-state index < -0.39 is 10.8 Å². The molecule has 0 saturated heterocycles. The van der Waals surface area contributed by atoms with Crippen LogP contribution in [0.4, 0.5) is 0 Å². The Kier molecular flexibility index (Phi) is 8.04. The molecule has 2 atom stereocenters. The molecule has 0 aliphatic rings. The van der Waals surface area contributed by atoms with Gasteiger partial charge in [-0.2, -0.15) is 0 Å². The molecule has 2 unspecified atom stereocenters. The van der Waals surface area contributed by atoms with Crippen molar-refractivity contribution < 1.29 is 8.95 Å². The molecule has 114 valence electrons. The smallest absolute Gasteiger partial charge is 0.0471 e. The third-order valence-corrected chi connectivity index (χ3v) is 4.78. The Bertz CT molecular complexity index is 434. The zero-order chi connectivity index (χ0) is 15.0. The predicted octanol–water partition coefficient (Wildman–Crippen LogP) is 2.74. The second kappa shape index (κ2) is 9.27. The second-order valence-electron chi connectivity index (χ2n) is 5.13. The highest BCUT2D eigenvalue weighted by Crippen LogP contribution is 2.20. The number of hydrogen-bond acceptors (Lipinski definition) is 3. The van der Waals surface area contributed by atoms with Gasteiger partial charge in [0, 0.05) is 42.1 Å². The Morgan fingerprint density at radius 1 is 1.35 bits per heavy atom. The number of methoxy groups -OCH3 is 1. The topological polar surface area (TPSA) is 38.3 Å². The van der Waals surface area contributed by atoms with E-state index in [1.165, 1.54) is 16.7 Å². The van der Waals surface area contributed by atoms with Gasteiger partial charge in [-0.1, -0.05) is 30.7 Å². The molecule has 0 amide bonds. The van der Waals surface area contributed by atoms with Gasteiger partial charge in [-0.3, -0.25) is 4.21 Å². The van der Waals surface area contributed by atoms with E-state index in [2.05, 4.69) is 44.3 Å². The summed E-state index contributed by atoms with van der Waals surface area (Å²) in [5.74, 6) is 1.38. The third-order valence-electron chi connectivity index (χ3n) is 3.33. The van der Waals surface area contributed by atoms with Crippen LogP contribution in [0.1, 0.15) is 36.1 Å². The van der Waals surface area contributed by atoms with Crippen LogP contribution in [0.3, 0.4) is 0 Å². The van der Waals surface area contributed by atoms with Crippen molar-refractivity contribution in [2.24, 2.45) is 0 Å². The van der Waals surface area contributed by atoms with Crippen molar-refractivity contribution in [3.05, 3.63) is 34.9 Å². The van der Waals surface area contributed by atoms with E-state index in [0.717, 1.165) is 13.0 Å². The lowest BCUT2D eigenvalue weighted by molar-refractivity contribution is 0.200. The maximum absolute atomic E-state index is 12.2. The molecule has 20 heavy (non-hydrogen) atoms. The van der Waals surface area contributed by atoms with Gasteiger partial charge in [0.25, 0.3) is 0 Å². The fourth-order valence-corrected chi connectivity index (χ4v) is 3.55. The molecule has 0 bridgehead atoms. The van der Waals surface area contributed by atoms with Crippen molar-refractivity contribution in [1.29, 1.82) is 0 Å². The first kappa shape index (κ1) is 17.3. The normalized spacial score (nSPS) is 14.2. The first-order valence-corrected chi connectivity index (χ1v) is 8.71. The molecule has 0 heterocycles. The number of ether oxygens (including phenoxy) is 1. The predicted molar refractivity (Wildman–Crippen MR) is 86.7 cm³/mol. The molecule has 0 aromatic heterocycles. The van der Waals surface area contributed by atoms with E-state index in [4.69, 9.17) is 4.74 Å². The Morgan fingerprint density at radius 3 is 2.75 bits per heavy atom. The van der Waals surface area contributed by atoms with Crippen molar-refractivity contribution in [2.45, 2.75) is 33.2 Å². The van der Waals surface area contributed by atoms with E-state index in [1.54, 1.807) is 7.11 Å². The minimum atomic E-state index is -0.811. The molecular formula is C16H27NO2S. The maximum Gasteiger partial charge on any atom is 0.0471 e. The average molecular weight is 297 g/mol. The Labute approximate surface area is 125 Å². The zero-order valence-electron chi connectivity index (χ0n) is 13.1. The highest BCUT2D eigenvalue weighted by molar-refractivity contribution is 7.85. The van der Waals surface area contributed by atoms with E-state index in [0.29, 0.717) is 18.1 Å². The highest BCUT2D eigenvalue weighted by Gasteiger charge is 2.16. The van der Waals surface area contributed by atoms with Crippen LogP contribution in [0.15, 0.2) is 18.2 Å². The summed E-state index contributed by atoms with van der Waals surface area (Å²) in [7, 11) is 0.870. The van der Waals surface area contributed by atoms with Gasteiger partial charge < -0.3 is 10.1 Å². The van der Waals surface area contributed by atoms with Crippen LogP contribution in [0.5, 0.6) is 0 Å². The van der Waals surface area contributed by atoms with Gasteiger partial charge >= 0.3 is 0 Å². The summed E-state index contributed by atoms with van der Waals surface area (Å²) in [5.41, 5.74) is 3.78. The molecule has 3 nitrogen and oxygen atoms in total. The van der Waals surface area contributed by atoms with Gasteiger partial charge in [0.05, 0.1) is 0 Å². The molecule has 0 fully saturated rings. The molecule has 0 spiro atoms. The highest BCUT2D eigenvalue weighted by atomic mass is 32.2. The maximum atomic E-state index is 12.2. The standard InChI is InChI=1S/C16H27NO2S/c1-5-17-16(12-20(18)10-6-9-19-4)15-11-13(2)7-8-14(15)3/h7-8,11,16-17H,5-6,9-10,12H2,1-4H3. The SMILES string of the molecule is CCNC(CS(=O)CCCOC)c1cc(C)ccc1C. The Hall–Kier alpha value is -0.710. The minimum absolute atomic E-state index is 0.170. The van der Waals surface area contributed by atoms with Crippen molar-refractivity contribution in [1.82, 2.24) is 5.32 Å². The lowest BCUT2D eigenvalue weighted by Crippen LogP contribution is -2.27. The monoisotopic (exact) mass is 297 g/mol. The molecule has 0 saturated carbocycles. The quantitative estimate of drug-likeness (QED) is 0.712. The number of nitrogens with one attached hydrogen (secondary N) is 1. The molecule has 1 rings (SSSR count). The first-order chi connectivity index (χ1) is 9.58. The molecule has 1 aromatic rings. The van der Waals surface area contributed by atoms with Crippen LogP contribution in [-0.2, 0) is 15.5 Å².